The number of hydrogen-bond donors (Lipinski definition) is 2. The highest BCUT2D eigenvalue weighted by atomic mass is 16.3. The van der Waals surface area contributed by atoms with E-state index >= 15 is 0 Å². The quantitative estimate of drug-likeness (QED) is 0.630. The topological polar surface area (TPSA) is 65.2 Å². The number of furan rings is 1. The molecule has 0 aliphatic carbocycles. The van der Waals surface area contributed by atoms with E-state index in [4.69, 9.17) is 15.9 Å². The lowest BCUT2D eigenvalue weighted by atomic mass is 10.2. The van der Waals surface area contributed by atoms with Crippen LogP contribution in [0.5, 0.6) is 0 Å². The molecule has 4 N–H and O–H groups in total. The molecule has 3 heteroatoms. The highest BCUT2D eigenvalue weighted by Crippen LogP contribution is 2.12. The molecular formula is C7H12N2O. The lowest BCUT2D eigenvalue weighted by Gasteiger charge is -2.02. The predicted octanol–water partition coefficient (Wildman–Crippen LogP) is 0.547. The van der Waals surface area contributed by atoms with Crippen LogP contribution in [-0.2, 0) is 0 Å². The average molecular weight is 140 g/mol. The molecule has 0 fully saturated rings. The van der Waals surface area contributed by atoms with E-state index in [1.165, 1.54) is 0 Å². The summed E-state index contributed by atoms with van der Waals surface area (Å²) < 4.78 is 5.23. The van der Waals surface area contributed by atoms with Crippen molar-refractivity contribution in [1.29, 1.82) is 0 Å². The molecule has 0 spiro atoms. The Hall–Kier alpha value is -0.800. The molecule has 3 nitrogen and oxygen atoms in total. The summed E-state index contributed by atoms with van der Waals surface area (Å²) in [5, 5.41) is 0. The molecule has 0 aromatic carbocycles. The van der Waals surface area contributed by atoms with Crippen molar-refractivity contribution >= 4 is 0 Å². The van der Waals surface area contributed by atoms with Crippen LogP contribution in [0, 0.1) is 6.92 Å². The van der Waals surface area contributed by atoms with Gasteiger partial charge in [0.15, 0.2) is 0 Å². The van der Waals surface area contributed by atoms with Crippen molar-refractivity contribution in [3.05, 3.63) is 23.7 Å². The largest absolute Gasteiger partial charge is 0.465 e. The van der Waals surface area contributed by atoms with Crippen LogP contribution in [0.1, 0.15) is 17.6 Å². The fourth-order valence-corrected chi connectivity index (χ4v) is 0.769. The molecule has 0 aliphatic rings. The minimum Gasteiger partial charge on any atom is -0.465 e. The van der Waals surface area contributed by atoms with Gasteiger partial charge in [-0.2, -0.15) is 0 Å². The molecule has 0 amide bonds. The molecule has 1 heterocycles. The van der Waals surface area contributed by atoms with Crippen LogP contribution in [0.2, 0.25) is 0 Å². The molecule has 1 rings (SSSR count). The van der Waals surface area contributed by atoms with E-state index in [0.717, 1.165) is 11.5 Å². The summed E-state index contributed by atoms with van der Waals surface area (Å²) in [4.78, 5) is 0. The Morgan fingerprint density at radius 1 is 1.60 bits per heavy atom. The van der Waals surface area contributed by atoms with Gasteiger partial charge in [-0.1, -0.05) is 0 Å². The van der Waals surface area contributed by atoms with Gasteiger partial charge in [-0.25, -0.2) is 0 Å². The van der Waals surface area contributed by atoms with Gasteiger partial charge in [0, 0.05) is 6.54 Å². The van der Waals surface area contributed by atoms with Gasteiger partial charge in [-0.3, -0.25) is 0 Å². The van der Waals surface area contributed by atoms with Crippen molar-refractivity contribution < 1.29 is 4.42 Å². The second-order valence-corrected chi connectivity index (χ2v) is 2.29. The van der Waals surface area contributed by atoms with E-state index in [1.807, 2.05) is 19.1 Å². The highest BCUT2D eigenvalue weighted by Gasteiger charge is 2.06. The summed E-state index contributed by atoms with van der Waals surface area (Å²) in [7, 11) is 0. The third-order valence-corrected chi connectivity index (χ3v) is 1.38. The standard InChI is InChI=1S/C7H12N2O/c1-5-2-3-7(10-5)6(9)4-8/h2-3,6H,4,8-9H2,1H3/t6-/m1/s1. The van der Waals surface area contributed by atoms with Crippen LogP contribution in [0.3, 0.4) is 0 Å². The highest BCUT2D eigenvalue weighted by molar-refractivity contribution is 5.09. The summed E-state index contributed by atoms with van der Waals surface area (Å²) >= 11 is 0. The van der Waals surface area contributed by atoms with E-state index in [9.17, 15) is 0 Å². The van der Waals surface area contributed by atoms with Crippen LogP contribution >= 0.6 is 0 Å². The maximum absolute atomic E-state index is 5.59. The van der Waals surface area contributed by atoms with Gasteiger partial charge in [0.05, 0.1) is 6.04 Å². The number of hydrogen-bond acceptors (Lipinski definition) is 3. The van der Waals surface area contributed by atoms with Crippen LogP contribution in [-0.4, -0.2) is 6.54 Å². The first-order chi connectivity index (χ1) is 4.74. The van der Waals surface area contributed by atoms with Gasteiger partial charge >= 0.3 is 0 Å². The maximum atomic E-state index is 5.59. The smallest absolute Gasteiger partial charge is 0.122 e. The normalized spacial score (nSPS) is 13.5. The first-order valence-electron chi connectivity index (χ1n) is 3.26. The molecular weight excluding hydrogens is 128 g/mol. The van der Waals surface area contributed by atoms with Crippen molar-refractivity contribution in [2.24, 2.45) is 11.5 Å². The van der Waals surface area contributed by atoms with Crippen molar-refractivity contribution in [3.63, 3.8) is 0 Å². The number of aryl methyl sites for hydroxylation is 1. The number of nitrogens with two attached hydrogens (primary N) is 2. The molecule has 0 unspecified atom stereocenters. The molecule has 1 atom stereocenters. The summed E-state index contributed by atoms with van der Waals surface area (Å²) in [5.41, 5.74) is 10.9. The molecule has 0 radical (unpaired) electrons. The summed E-state index contributed by atoms with van der Waals surface area (Å²) in [6.45, 7) is 2.31. The lowest BCUT2D eigenvalue weighted by molar-refractivity contribution is 0.449. The summed E-state index contributed by atoms with van der Waals surface area (Å²) in [5.74, 6) is 1.64. The molecule has 1 aromatic rings. The van der Waals surface area contributed by atoms with Crippen LogP contribution in [0.4, 0.5) is 0 Å². The molecule has 56 valence electrons. The van der Waals surface area contributed by atoms with Gasteiger partial charge in [-0.15, -0.1) is 0 Å². The fraction of sp³-hybridized carbons (Fsp3) is 0.429. The van der Waals surface area contributed by atoms with Gasteiger partial charge in [0.1, 0.15) is 11.5 Å². The molecule has 1 aromatic heterocycles. The maximum Gasteiger partial charge on any atom is 0.122 e. The van der Waals surface area contributed by atoms with Gasteiger partial charge in [0.25, 0.3) is 0 Å². The number of rotatable bonds is 2. The predicted molar refractivity (Wildman–Crippen MR) is 39.4 cm³/mol. The minimum atomic E-state index is -0.159. The average Bonchev–Trinajstić information content (AvgIpc) is 2.34. The Kier molecular flexibility index (Phi) is 2.09. The SMILES string of the molecule is Cc1ccc([C@H](N)CN)o1. The van der Waals surface area contributed by atoms with Crippen LogP contribution in [0.15, 0.2) is 16.5 Å². The van der Waals surface area contributed by atoms with Crippen molar-refractivity contribution in [2.75, 3.05) is 6.54 Å². The van der Waals surface area contributed by atoms with Crippen molar-refractivity contribution in [2.45, 2.75) is 13.0 Å². The van der Waals surface area contributed by atoms with E-state index in [2.05, 4.69) is 0 Å². The Balaban J connectivity index is 2.74. The van der Waals surface area contributed by atoms with E-state index in [-0.39, 0.29) is 6.04 Å². The van der Waals surface area contributed by atoms with Crippen molar-refractivity contribution in [3.8, 4) is 0 Å². The molecule has 10 heavy (non-hydrogen) atoms. The molecule has 0 saturated heterocycles. The molecule has 0 aliphatic heterocycles. The second kappa shape index (κ2) is 2.86. The Labute approximate surface area is 60.0 Å². The van der Waals surface area contributed by atoms with Crippen LogP contribution < -0.4 is 11.5 Å². The zero-order valence-electron chi connectivity index (χ0n) is 6.00. The minimum absolute atomic E-state index is 0.159. The van der Waals surface area contributed by atoms with Crippen LogP contribution in [0.25, 0.3) is 0 Å². The second-order valence-electron chi connectivity index (χ2n) is 2.29. The lowest BCUT2D eigenvalue weighted by Crippen LogP contribution is -2.19. The van der Waals surface area contributed by atoms with Gasteiger partial charge < -0.3 is 15.9 Å². The Bertz CT molecular complexity index is 207. The van der Waals surface area contributed by atoms with E-state index in [0.29, 0.717) is 6.54 Å². The summed E-state index contributed by atoms with van der Waals surface area (Å²) in [6, 6.07) is 3.58. The molecule has 0 bridgehead atoms. The Morgan fingerprint density at radius 2 is 2.30 bits per heavy atom. The first-order valence-corrected chi connectivity index (χ1v) is 3.26. The Morgan fingerprint density at radius 3 is 2.70 bits per heavy atom. The zero-order chi connectivity index (χ0) is 7.56. The zero-order valence-corrected chi connectivity index (χ0v) is 6.00. The third-order valence-electron chi connectivity index (χ3n) is 1.38. The van der Waals surface area contributed by atoms with E-state index in [1.54, 1.807) is 0 Å². The van der Waals surface area contributed by atoms with Crippen molar-refractivity contribution in [1.82, 2.24) is 0 Å². The van der Waals surface area contributed by atoms with Gasteiger partial charge in [0.2, 0.25) is 0 Å². The van der Waals surface area contributed by atoms with Gasteiger partial charge in [-0.05, 0) is 19.1 Å². The monoisotopic (exact) mass is 140 g/mol. The third kappa shape index (κ3) is 1.37. The first kappa shape index (κ1) is 7.31. The van der Waals surface area contributed by atoms with E-state index < -0.39 is 0 Å². The summed E-state index contributed by atoms with van der Waals surface area (Å²) in [6.07, 6.45) is 0. The molecule has 0 saturated carbocycles. The fourth-order valence-electron chi connectivity index (χ4n) is 0.769.